The van der Waals surface area contributed by atoms with Gasteiger partial charge in [0.15, 0.2) is 11.2 Å². The lowest BCUT2D eigenvalue weighted by Gasteiger charge is -2.29. The normalized spacial score (nSPS) is 16.8. The van der Waals surface area contributed by atoms with Crippen LogP contribution in [0.15, 0.2) is 9.59 Å². The SMILES string of the molecule is CCCCn1c(CN2CCC(C)CC2)nc2c1c(=O)n(C)c(=O)n2C. The van der Waals surface area contributed by atoms with Crippen LogP contribution in [0.5, 0.6) is 0 Å². The summed E-state index contributed by atoms with van der Waals surface area (Å²) in [4.78, 5) is 32.1. The van der Waals surface area contributed by atoms with Crippen LogP contribution in [0.3, 0.4) is 0 Å². The summed E-state index contributed by atoms with van der Waals surface area (Å²) in [5.41, 5.74) is 0.485. The third-order valence-electron chi connectivity index (χ3n) is 5.40. The zero-order valence-corrected chi connectivity index (χ0v) is 15.8. The molecule has 0 aliphatic carbocycles. The molecule has 25 heavy (non-hydrogen) atoms. The van der Waals surface area contributed by atoms with Crippen molar-refractivity contribution in [2.45, 2.75) is 52.6 Å². The van der Waals surface area contributed by atoms with Gasteiger partial charge in [0.1, 0.15) is 5.82 Å². The second-order valence-electron chi connectivity index (χ2n) is 7.37. The van der Waals surface area contributed by atoms with Crippen molar-refractivity contribution >= 4 is 11.2 Å². The standard InChI is InChI=1S/C18H29N5O2/c1-5-6-9-23-14(12-22-10-7-13(2)8-11-22)19-16-15(23)17(24)21(4)18(25)20(16)3/h13H,5-12H2,1-4H3. The molecule has 2 aromatic rings. The highest BCUT2D eigenvalue weighted by Crippen LogP contribution is 2.20. The van der Waals surface area contributed by atoms with Crippen LogP contribution in [0.25, 0.3) is 11.2 Å². The van der Waals surface area contributed by atoms with Gasteiger partial charge in [-0.2, -0.15) is 0 Å². The van der Waals surface area contributed by atoms with E-state index in [-0.39, 0.29) is 11.2 Å². The fraction of sp³-hybridized carbons (Fsp3) is 0.722. The predicted molar refractivity (Wildman–Crippen MR) is 98.8 cm³/mol. The number of fused-ring (bicyclic) bond motifs is 1. The molecule has 1 saturated heterocycles. The van der Waals surface area contributed by atoms with Crippen LogP contribution >= 0.6 is 0 Å². The van der Waals surface area contributed by atoms with Crippen molar-refractivity contribution in [2.24, 2.45) is 20.0 Å². The zero-order valence-electron chi connectivity index (χ0n) is 15.8. The minimum absolute atomic E-state index is 0.250. The molecular weight excluding hydrogens is 318 g/mol. The van der Waals surface area contributed by atoms with Crippen molar-refractivity contribution in [3.63, 3.8) is 0 Å². The Bertz CT molecular complexity index is 868. The maximum absolute atomic E-state index is 12.7. The largest absolute Gasteiger partial charge is 0.332 e. The van der Waals surface area contributed by atoms with Gasteiger partial charge in [0.25, 0.3) is 5.56 Å². The number of unbranched alkanes of at least 4 members (excludes halogenated alkanes) is 1. The molecule has 3 heterocycles. The van der Waals surface area contributed by atoms with Crippen LogP contribution in [0.1, 0.15) is 45.4 Å². The third-order valence-corrected chi connectivity index (χ3v) is 5.40. The molecule has 7 nitrogen and oxygen atoms in total. The molecule has 1 fully saturated rings. The number of aryl methyl sites for hydroxylation is 2. The summed E-state index contributed by atoms with van der Waals surface area (Å²) in [5, 5.41) is 0. The smallest absolute Gasteiger partial charge is 0.321 e. The minimum atomic E-state index is -0.323. The summed E-state index contributed by atoms with van der Waals surface area (Å²) in [7, 11) is 3.22. The summed E-state index contributed by atoms with van der Waals surface area (Å²) >= 11 is 0. The van der Waals surface area contributed by atoms with E-state index in [2.05, 4.69) is 18.7 Å². The molecule has 138 valence electrons. The average molecular weight is 347 g/mol. The average Bonchev–Trinajstić information content (AvgIpc) is 2.96. The predicted octanol–water partition coefficient (Wildman–Crippen LogP) is 1.47. The van der Waals surface area contributed by atoms with E-state index in [1.54, 1.807) is 7.05 Å². The topological polar surface area (TPSA) is 65.1 Å². The molecule has 2 aromatic heterocycles. The fourth-order valence-corrected chi connectivity index (χ4v) is 3.59. The molecule has 0 bridgehead atoms. The molecule has 3 rings (SSSR count). The maximum atomic E-state index is 12.7. The Balaban J connectivity index is 2.07. The van der Waals surface area contributed by atoms with Crippen LogP contribution in [-0.4, -0.2) is 36.7 Å². The number of imidazole rings is 1. The van der Waals surface area contributed by atoms with Crippen molar-refractivity contribution in [1.29, 1.82) is 0 Å². The first-order valence-electron chi connectivity index (χ1n) is 9.31. The second kappa shape index (κ2) is 7.15. The zero-order chi connectivity index (χ0) is 18.1. The lowest BCUT2D eigenvalue weighted by Crippen LogP contribution is -2.37. The van der Waals surface area contributed by atoms with Crippen LogP contribution in [-0.2, 0) is 27.2 Å². The second-order valence-corrected chi connectivity index (χ2v) is 7.37. The molecule has 7 heteroatoms. The molecule has 0 N–H and O–H groups in total. The van der Waals surface area contributed by atoms with Gasteiger partial charge in [0, 0.05) is 20.6 Å². The summed E-state index contributed by atoms with van der Waals surface area (Å²) in [5.74, 6) is 1.68. The summed E-state index contributed by atoms with van der Waals surface area (Å²) < 4.78 is 4.71. The molecule has 0 spiro atoms. The molecule has 0 amide bonds. The first kappa shape index (κ1) is 17.9. The highest BCUT2D eigenvalue weighted by molar-refractivity contribution is 5.71. The van der Waals surface area contributed by atoms with Crippen LogP contribution in [0.2, 0.25) is 0 Å². The van der Waals surface area contributed by atoms with Gasteiger partial charge in [-0.3, -0.25) is 18.8 Å². The molecule has 0 saturated carbocycles. The lowest BCUT2D eigenvalue weighted by molar-refractivity contribution is 0.179. The van der Waals surface area contributed by atoms with Gasteiger partial charge in [-0.25, -0.2) is 9.78 Å². The van der Waals surface area contributed by atoms with Crippen molar-refractivity contribution in [2.75, 3.05) is 13.1 Å². The number of aromatic nitrogens is 4. The molecule has 0 radical (unpaired) electrons. The number of nitrogens with zero attached hydrogens (tertiary/aromatic N) is 5. The van der Waals surface area contributed by atoms with E-state index >= 15 is 0 Å². The Kier molecular flexibility index (Phi) is 5.13. The minimum Gasteiger partial charge on any atom is -0.321 e. The van der Waals surface area contributed by atoms with E-state index in [0.717, 1.165) is 50.8 Å². The van der Waals surface area contributed by atoms with Crippen molar-refractivity contribution < 1.29 is 0 Å². The Labute approximate surface area is 147 Å². The summed E-state index contributed by atoms with van der Waals surface area (Å²) in [6, 6.07) is 0. The Morgan fingerprint density at radius 2 is 1.80 bits per heavy atom. The van der Waals surface area contributed by atoms with Gasteiger partial charge in [0.2, 0.25) is 0 Å². The van der Waals surface area contributed by atoms with Gasteiger partial charge in [-0.05, 0) is 38.3 Å². The number of rotatable bonds is 5. The van der Waals surface area contributed by atoms with Gasteiger partial charge in [-0.1, -0.05) is 20.3 Å². The number of likely N-dealkylation sites (tertiary alicyclic amines) is 1. The van der Waals surface area contributed by atoms with Gasteiger partial charge < -0.3 is 4.57 Å². The Morgan fingerprint density at radius 1 is 1.12 bits per heavy atom. The van der Waals surface area contributed by atoms with Crippen molar-refractivity contribution in [1.82, 2.24) is 23.6 Å². The van der Waals surface area contributed by atoms with E-state index in [1.807, 2.05) is 4.57 Å². The summed E-state index contributed by atoms with van der Waals surface area (Å²) in [6.07, 6.45) is 4.44. The highest BCUT2D eigenvalue weighted by atomic mass is 16.2. The van der Waals surface area contributed by atoms with Crippen LogP contribution < -0.4 is 11.2 Å². The van der Waals surface area contributed by atoms with Gasteiger partial charge in [0.05, 0.1) is 6.54 Å². The molecule has 0 aromatic carbocycles. The maximum Gasteiger partial charge on any atom is 0.332 e. The number of hydrogen-bond donors (Lipinski definition) is 0. The van der Waals surface area contributed by atoms with Gasteiger partial charge >= 0.3 is 5.69 Å². The van der Waals surface area contributed by atoms with E-state index in [0.29, 0.717) is 11.2 Å². The first-order chi connectivity index (χ1) is 11.9. The molecule has 0 unspecified atom stereocenters. The van der Waals surface area contributed by atoms with Crippen LogP contribution in [0.4, 0.5) is 0 Å². The van der Waals surface area contributed by atoms with Crippen LogP contribution in [0, 0.1) is 5.92 Å². The van der Waals surface area contributed by atoms with E-state index in [1.165, 1.54) is 29.0 Å². The van der Waals surface area contributed by atoms with Gasteiger partial charge in [-0.15, -0.1) is 0 Å². The quantitative estimate of drug-likeness (QED) is 0.821. The monoisotopic (exact) mass is 347 g/mol. The van der Waals surface area contributed by atoms with Crippen molar-refractivity contribution in [3.8, 4) is 0 Å². The van der Waals surface area contributed by atoms with E-state index < -0.39 is 0 Å². The number of hydrogen-bond acceptors (Lipinski definition) is 4. The first-order valence-corrected chi connectivity index (χ1v) is 9.31. The Morgan fingerprint density at radius 3 is 2.44 bits per heavy atom. The third kappa shape index (κ3) is 3.29. The number of piperidine rings is 1. The highest BCUT2D eigenvalue weighted by Gasteiger charge is 2.22. The lowest BCUT2D eigenvalue weighted by atomic mass is 9.99. The molecular formula is C18H29N5O2. The van der Waals surface area contributed by atoms with E-state index in [9.17, 15) is 9.59 Å². The molecule has 0 atom stereocenters. The van der Waals surface area contributed by atoms with E-state index in [4.69, 9.17) is 4.98 Å². The van der Waals surface area contributed by atoms with Crippen molar-refractivity contribution in [3.05, 3.63) is 26.7 Å². The Hall–Kier alpha value is -1.89. The fourth-order valence-electron chi connectivity index (χ4n) is 3.59. The summed E-state index contributed by atoms with van der Waals surface area (Å²) in [6.45, 7) is 8.07. The molecule has 1 aliphatic rings. The molecule has 1 aliphatic heterocycles.